The van der Waals surface area contributed by atoms with Crippen molar-refractivity contribution in [1.82, 2.24) is 4.98 Å². The Kier molecular flexibility index (Phi) is 3.75. The maximum absolute atomic E-state index is 13.0. The lowest BCUT2D eigenvalue weighted by Crippen LogP contribution is -2.31. The van der Waals surface area contributed by atoms with Crippen molar-refractivity contribution in [3.63, 3.8) is 0 Å². The molecule has 0 atom stereocenters. The van der Waals surface area contributed by atoms with Gasteiger partial charge in [0.2, 0.25) is 0 Å². The number of nitro benzene ring substituents is 1. The van der Waals surface area contributed by atoms with E-state index in [1.54, 1.807) is 0 Å². The highest BCUT2D eigenvalue weighted by atomic mass is 19.3. The maximum Gasteiger partial charge on any atom is 0.301 e. The molecule has 2 aromatic rings. The number of hydrogen-bond donors (Lipinski definition) is 2. The third kappa shape index (κ3) is 2.80. The summed E-state index contributed by atoms with van der Waals surface area (Å²) in [5.74, 6) is -3.35. The van der Waals surface area contributed by atoms with E-state index >= 15 is 0 Å². The van der Waals surface area contributed by atoms with E-state index in [1.165, 1.54) is 30.5 Å². The lowest BCUT2D eigenvalue weighted by molar-refractivity contribution is -0.382. The quantitative estimate of drug-likeness (QED) is 0.648. The van der Waals surface area contributed by atoms with Gasteiger partial charge >= 0.3 is 5.69 Å². The van der Waals surface area contributed by atoms with Gasteiger partial charge < -0.3 is 10.4 Å². The summed E-state index contributed by atoms with van der Waals surface area (Å²) in [6.45, 7) is -2.22. The van der Waals surface area contributed by atoms with Gasteiger partial charge in [0, 0.05) is 6.20 Å². The number of aromatic nitrogens is 1. The first-order valence-corrected chi connectivity index (χ1v) is 5.69. The molecule has 1 aromatic carbocycles. The number of benzene rings is 1. The number of halogens is 2. The first-order chi connectivity index (χ1) is 9.44. The number of hydrogen-bond acceptors (Lipinski definition) is 5. The minimum Gasteiger partial charge on any atom is -0.390 e. The first kappa shape index (κ1) is 14.1. The molecule has 2 rings (SSSR count). The van der Waals surface area contributed by atoms with Crippen molar-refractivity contribution in [2.45, 2.75) is 5.92 Å². The fourth-order valence-electron chi connectivity index (χ4n) is 1.76. The third-order valence-electron chi connectivity index (χ3n) is 2.71. The largest absolute Gasteiger partial charge is 0.390 e. The summed E-state index contributed by atoms with van der Waals surface area (Å²) in [7, 11) is 0. The molecule has 0 fully saturated rings. The number of nitro groups is 1. The Balaban J connectivity index is 2.43. The molecule has 0 amide bonds. The molecule has 106 valence electrons. The van der Waals surface area contributed by atoms with E-state index in [0.29, 0.717) is 5.52 Å². The molecule has 0 bridgehead atoms. The second-order valence-corrected chi connectivity index (χ2v) is 4.16. The highest BCUT2D eigenvalue weighted by molar-refractivity contribution is 5.94. The zero-order valence-corrected chi connectivity index (χ0v) is 10.2. The van der Waals surface area contributed by atoms with Crippen molar-refractivity contribution in [3.05, 3.63) is 40.6 Å². The van der Waals surface area contributed by atoms with Crippen LogP contribution in [0.4, 0.5) is 20.2 Å². The van der Waals surface area contributed by atoms with E-state index < -0.39 is 24.0 Å². The molecular formula is C12H11F2N3O3. The normalized spacial score (nSPS) is 11.6. The van der Waals surface area contributed by atoms with Gasteiger partial charge in [0.25, 0.3) is 5.92 Å². The average Bonchev–Trinajstić information content (AvgIpc) is 2.44. The van der Waals surface area contributed by atoms with Crippen molar-refractivity contribution in [2.75, 3.05) is 18.5 Å². The summed E-state index contributed by atoms with van der Waals surface area (Å²) < 4.78 is 26.0. The SMILES string of the molecule is O=[N+]([O-])c1c(NCC(F)(F)CO)ccc2ncccc12. The monoisotopic (exact) mass is 283 g/mol. The molecule has 0 saturated carbocycles. The summed E-state index contributed by atoms with van der Waals surface area (Å²) in [4.78, 5) is 14.5. The number of alkyl halides is 2. The van der Waals surface area contributed by atoms with Crippen molar-refractivity contribution in [3.8, 4) is 0 Å². The highest BCUT2D eigenvalue weighted by Gasteiger charge is 2.29. The topological polar surface area (TPSA) is 88.3 Å². The van der Waals surface area contributed by atoms with E-state index in [-0.39, 0.29) is 16.8 Å². The van der Waals surface area contributed by atoms with Crippen LogP contribution in [0.3, 0.4) is 0 Å². The molecule has 1 aromatic heterocycles. The smallest absolute Gasteiger partial charge is 0.301 e. The highest BCUT2D eigenvalue weighted by Crippen LogP contribution is 2.32. The summed E-state index contributed by atoms with van der Waals surface area (Å²) in [5.41, 5.74) is 0.0478. The number of nitrogens with zero attached hydrogens (tertiary/aromatic N) is 2. The molecular weight excluding hydrogens is 272 g/mol. The van der Waals surface area contributed by atoms with Crippen LogP contribution in [-0.2, 0) is 0 Å². The lowest BCUT2D eigenvalue weighted by Gasteiger charge is -2.15. The van der Waals surface area contributed by atoms with Crippen LogP contribution in [-0.4, -0.2) is 34.1 Å². The van der Waals surface area contributed by atoms with E-state index in [0.717, 1.165) is 0 Å². The summed E-state index contributed by atoms with van der Waals surface area (Å²) in [5, 5.41) is 22.2. The molecule has 0 saturated heterocycles. The van der Waals surface area contributed by atoms with Gasteiger partial charge in [0.1, 0.15) is 12.3 Å². The molecule has 20 heavy (non-hydrogen) atoms. The molecule has 6 nitrogen and oxygen atoms in total. The molecule has 0 aliphatic heterocycles. The second kappa shape index (κ2) is 5.33. The first-order valence-electron chi connectivity index (χ1n) is 5.69. The number of pyridine rings is 1. The average molecular weight is 283 g/mol. The summed E-state index contributed by atoms with van der Waals surface area (Å²) in [6, 6.07) is 5.85. The molecule has 0 unspecified atom stereocenters. The Hall–Kier alpha value is -2.35. The van der Waals surface area contributed by atoms with Crippen molar-refractivity contribution < 1.29 is 18.8 Å². The molecule has 2 N–H and O–H groups in total. The van der Waals surface area contributed by atoms with Gasteiger partial charge in [-0.2, -0.15) is 0 Å². The Bertz CT molecular complexity index is 649. The van der Waals surface area contributed by atoms with Gasteiger partial charge in [0.15, 0.2) is 0 Å². The Labute approximate surface area is 112 Å². The van der Waals surface area contributed by atoms with Crippen LogP contribution >= 0.6 is 0 Å². The van der Waals surface area contributed by atoms with E-state index in [9.17, 15) is 18.9 Å². The predicted molar refractivity (Wildman–Crippen MR) is 68.9 cm³/mol. The standard InChI is InChI=1S/C12H11F2N3O3/c13-12(14,7-18)6-16-10-4-3-9-8(2-1-5-15-9)11(10)17(19)20/h1-5,16,18H,6-7H2. The zero-order valence-electron chi connectivity index (χ0n) is 10.2. The third-order valence-corrected chi connectivity index (χ3v) is 2.71. The maximum atomic E-state index is 13.0. The summed E-state index contributed by atoms with van der Waals surface area (Å²) >= 11 is 0. The Morgan fingerprint density at radius 2 is 2.15 bits per heavy atom. The molecule has 0 radical (unpaired) electrons. The van der Waals surface area contributed by atoms with Crippen molar-refractivity contribution >= 4 is 22.3 Å². The summed E-state index contributed by atoms with van der Waals surface area (Å²) in [6.07, 6.45) is 1.49. The van der Waals surface area contributed by atoms with Crippen molar-refractivity contribution in [1.29, 1.82) is 0 Å². The lowest BCUT2D eigenvalue weighted by atomic mass is 10.1. The molecule has 1 heterocycles. The van der Waals surface area contributed by atoms with Crippen LogP contribution in [0.1, 0.15) is 0 Å². The van der Waals surface area contributed by atoms with E-state index in [2.05, 4.69) is 10.3 Å². The van der Waals surface area contributed by atoms with Crippen LogP contribution < -0.4 is 5.32 Å². The predicted octanol–water partition coefficient (Wildman–Crippen LogP) is 2.18. The number of rotatable bonds is 5. The van der Waals surface area contributed by atoms with Crippen LogP contribution in [0.15, 0.2) is 30.5 Å². The number of fused-ring (bicyclic) bond motifs is 1. The fourth-order valence-corrected chi connectivity index (χ4v) is 1.76. The van der Waals surface area contributed by atoms with Crippen molar-refractivity contribution in [2.24, 2.45) is 0 Å². The van der Waals surface area contributed by atoms with Crippen LogP contribution in [0.2, 0.25) is 0 Å². The van der Waals surface area contributed by atoms with Gasteiger partial charge in [-0.3, -0.25) is 15.1 Å². The molecule has 0 spiro atoms. The number of aliphatic hydroxyl groups is 1. The number of nitrogens with one attached hydrogen (secondary N) is 1. The molecule has 8 heteroatoms. The Morgan fingerprint density at radius 1 is 1.40 bits per heavy atom. The van der Waals surface area contributed by atoms with Gasteiger partial charge in [-0.05, 0) is 24.3 Å². The Morgan fingerprint density at radius 3 is 2.80 bits per heavy atom. The van der Waals surface area contributed by atoms with Gasteiger partial charge in [0.05, 0.1) is 22.4 Å². The molecule has 0 aliphatic carbocycles. The fraction of sp³-hybridized carbons (Fsp3) is 0.250. The number of aliphatic hydroxyl groups excluding tert-OH is 1. The van der Waals surface area contributed by atoms with Crippen LogP contribution in [0.5, 0.6) is 0 Å². The van der Waals surface area contributed by atoms with Crippen LogP contribution in [0.25, 0.3) is 10.9 Å². The van der Waals surface area contributed by atoms with Crippen LogP contribution in [0, 0.1) is 10.1 Å². The van der Waals surface area contributed by atoms with Gasteiger partial charge in [-0.25, -0.2) is 8.78 Å². The minimum atomic E-state index is -3.35. The van der Waals surface area contributed by atoms with Gasteiger partial charge in [-0.1, -0.05) is 0 Å². The van der Waals surface area contributed by atoms with E-state index in [4.69, 9.17) is 5.11 Å². The van der Waals surface area contributed by atoms with Gasteiger partial charge in [-0.15, -0.1) is 0 Å². The second-order valence-electron chi connectivity index (χ2n) is 4.16. The zero-order chi connectivity index (χ0) is 14.8. The minimum absolute atomic E-state index is 0.0383. The van der Waals surface area contributed by atoms with E-state index in [1.807, 2.05) is 0 Å². The number of anilines is 1. The molecule has 0 aliphatic rings.